The molecule has 0 radical (unpaired) electrons. The van der Waals surface area contributed by atoms with Crippen molar-refractivity contribution in [1.29, 1.82) is 0 Å². The molecule has 0 saturated carbocycles. The van der Waals surface area contributed by atoms with Crippen molar-refractivity contribution in [3.8, 4) is 0 Å². The summed E-state index contributed by atoms with van der Waals surface area (Å²) in [6.07, 6.45) is 0. The summed E-state index contributed by atoms with van der Waals surface area (Å²) in [6, 6.07) is 0. The van der Waals surface area contributed by atoms with Gasteiger partial charge in [-0.1, -0.05) is 27.7 Å². The highest BCUT2D eigenvalue weighted by Gasteiger charge is 2.05. The van der Waals surface area contributed by atoms with Gasteiger partial charge in [0.15, 0.2) is 0 Å². The van der Waals surface area contributed by atoms with Crippen molar-refractivity contribution in [3.05, 3.63) is 11.4 Å². The van der Waals surface area contributed by atoms with E-state index in [0.29, 0.717) is 5.92 Å². The van der Waals surface area contributed by atoms with Crippen LogP contribution in [0.4, 0.5) is 0 Å². The van der Waals surface area contributed by atoms with E-state index in [1.165, 1.54) is 0 Å². The lowest BCUT2D eigenvalue weighted by molar-refractivity contribution is 0.801. The average Bonchev–Trinajstić information content (AvgIpc) is 2.39. The van der Waals surface area contributed by atoms with Crippen molar-refractivity contribution in [2.24, 2.45) is 0 Å². The molecule has 0 aliphatic rings. The molecular formula is C8H17N3. The van der Waals surface area contributed by atoms with Crippen molar-refractivity contribution in [1.82, 2.24) is 15.4 Å². The smallest absolute Gasteiger partial charge is 0.0879 e. The molecule has 0 aromatic carbocycles. The van der Waals surface area contributed by atoms with Gasteiger partial charge in [-0.25, -0.2) is 0 Å². The van der Waals surface area contributed by atoms with Gasteiger partial charge in [0.1, 0.15) is 0 Å². The molecule has 0 bridgehead atoms. The Bertz CT molecular complexity index is 191. The first kappa shape index (κ1) is 10.1. The van der Waals surface area contributed by atoms with E-state index in [1.807, 2.05) is 20.8 Å². The van der Waals surface area contributed by atoms with E-state index < -0.39 is 0 Å². The van der Waals surface area contributed by atoms with E-state index in [2.05, 4.69) is 29.3 Å². The minimum atomic E-state index is 0.476. The Morgan fingerprint density at radius 3 is 1.91 bits per heavy atom. The van der Waals surface area contributed by atoms with E-state index in [0.717, 1.165) is 11.4 Å². The molecule has 0 atom stereocenters. The number of hydrogen-bond acceptors (Lipinski definition) is 2. The molecule has 1 aromatic heterocycles. The Morgan fingerprint density at radius 2 is 1.73 bits per heavy atom. The largest absolute Gasteiger partial charge is 0.197 e. The molecule has 0 aliphatic carbocycles. The highest BCUT2D eigenvalue weighted by atomic mass is 15.3. The SMILES string of the molecule is CC.Cc1n[nH]nc1C(C)C. The Hall–Kier alpha value is -0.860. The lowest BCUT2D eigenvalue weighted by Gasteiger charge is -1.96. The minimum absolute atomic E-state index is 0.476. The predicted molar refractivity (Wildman–Crippen MR) is 46.6 cm³/mol. The zero-order chi connectivity index (χ0) is 8.85. The lowest BCUT2D eigenvalue weighted by atomic mass is 10.1. The van der Waals surface area contributed by atoms with Crippen LogP contribution in [0.2, 0.25) is 0 Å². The third-order valence-corrected chi connectivity index (χ3v) is 1.31. The summed E-state index contributed by atoms with van der Waals surface area (Å²) >= 11 is 0. The third kappa shape index (κ3) is 2.70. The summed E-state index contributed by atoms with van der Waals surface area (Å²) in [7, 11) is 0. The fourth-order valence-corrected chi connectivity index (χ4v) is 0.839. The van der Waals surface area contributed by atoms with Gasteiger partial charge in [0.05, 0.1) is 11.4 Å². The topological polar surface area (TPSA) is 41.6 Å². The highest BCUT2D eigenvalue weighted by Crippen LogP contribution is 2.11. The number of aromatic nitrogens is 3. The number of hydrogen-bond donors (Lipinski definition) is 1. The monoisotopic (exact) mass is 155 g/mol. The second kappa shape index (κ2) is 4.88. The number of aryl methyl sites for hydroxylation is 1. The number of nitrogens with one attached hydrogen (secondary N) is 1. The van der Waals surface area contributed by atoms with Gasteiger partial charge in [0, 0.05) is 0 Å². The first-order chi connectivity index (χ1) is 5.22. The first-order valence-corrected chi connectivity index (χ1v) is 4.09. The second-order valence-corrected chi connectivity index (χ2v) is 2.45. The quantitative estimate of drug-likeness (QED) is 0.676. The maximum Gasteiger partial charge on any atom is 0.0879 e. The standard InChI is InChI=1S/C6H11N3.C2H6/c1-4(2)6-5(3)7-9-8-6;1-2/h4H,1-3H3,(H,7,8,9);1-2H3. The second-order valence-electron chi connectivity index (χ2n) is 2.45. The van der Waals surface area contributed by atoms with Crippen LogP contribution in [-0.2, 0) is 0 Å². The summed E-state index contributed by atoms with van der Waals surface area (Å²) in [5, 5.41) is 10.5. The molecule has 1 aromatic rings. The molecule has 64 valence electrons. The van der Waals surface area contributed by atoms with E-state index in [-0.39, 0.29) is 0 Å². The zero-order valence-electron chi connectivity index (χ0n) is 7.97. The molecule has 0 fully saturated rings. The highest BCUT2D eigenvalue weighted by molar-refractivity contribution is 5.09. The lowest BCUT2D eigenvalue weighted by Crippen LogP contribution is -1.89. The van der Waals surface area contributed by atoms with Gasteiger partial charge in [-0.2, -0.15) is 15.4 Å². The van der Waals surface area contributed by atoms with E-state index in [9.17, 15) is 0 Å². The van der Waals surface area contributed by atoms with Crippen LogP contribution >= 0.6 is 0 Å². The van der Waals surface area contributed by atoms with Gasteiger partial charge in [-0.15, -0.1) is 0 Å². The van der Waals surface area contributed by atoms with Crippen LogP contribution in [0.5, 0.6) is 0 Å². The van der Waals surface area contributed by atoms with Crippen molar-refractivity contribution >= 4 is 0 Å². The Morgan fingerprint density at radius 1 is 1.18 bits per heavy atom. The zero-order valence-corrected chi connectivity index (χ0v) is 7.97. The van der Waals surface area contributed by atoms with Gasteiger partial charge in [0.2, 0.25) is 0 Å². The molecule has 3 heteroatoms. The van der Waals surface area contributed by atoms with Gasteiger partial charge in [-0.05, 0) is 12.8 Å². The van der Waals surface area contributed by atoms with Crippen molar-refractivity contribution < 1.29 is 0 Å². The van der Waals surface area contributed by atoms with Gasteiger partial charge in [-0.3, -0.25) is 0 Å². The average molecular weight is 155 g/mol. The molecule has 1 rings (SSSR count). The fourth-order valence-electron chi connectivity index (χ4n) is 0.839. The summed E-state index contributed by atoms with van der Waals surface area (Å²) in [4.78, 5) is 0. The molecule has 0 spiro atoms. The van der Waals surface area contributed by atoms with Gasteiger partial charge >= 0.3 is 0 Å². The molecule has 0 saturated heterocycles. The summed E-state index contributed by atoms with van der Waals surface area (Å²) in [5.74, 6) is 0.476. The molecule has 0 unspecified atom stereocenters. The van der Waals surface area contributed by atoms with Crippen LogP contribution in [0.15, 0.2) is 0 Å². The number of rotatable bonds is 1. The van der Waals surface area contributed by atoms with Crippen molar-refractivity contribution in [3.63, 3.8) is 0 Å². The molecule has 1 heterocycles. The van der Waals surface area contributed by atoms with Crippen LogP contribution in [0.3, 0.4) is 0 Å². The molecule has 1 N–H and O–H groups in total. The van der Waals surface area contributed by atoms with E-state index in [1.54, 1.807) is 0 Å². The maximum absolute atomic E-state index is 3.98. The first-order valence-electron chi connectivity index (χ1n) is 4.09. The summed E-state index contributed by atoms with van der Waals surface area (Å²) < 4.78 is 0. The Balaban J connectivity index is 0.000000461. The van der Waals surface area contributed by atoms with E-state index >= 15 is 0 Å². The van der Waals surface area contributed by atoms with Crippen LogP contribution in [0.1, 0.15) is 45.0 Å². The fraction of sp³-hybridized carbons (Fsp3) is 0.750. The van der Waals surface area contributed by atoms with Crippen LogP contribution in [0, 0.1) is 6.92 Å². The summed E-state index contributed by atoms with van der Waals surface area (Å²) in [5.41, 5.74) is 2.07. The van der Waals surface area contributed by atoms with Crippen molar-refractivity contribution in [2.75, 3.05) is 0 Å². The van der Waals surface area contributed by atoms with Crippen LogP contribution < -0.4 is 0 Å². The number of H-pyrrole nitrogens is 1. The molecular weight excluding hydrogens is 138 g/mol. The van der Waals surface area contributed by atoms with Gasteiger partial charge in [0.25, 0.3) is 0 Å². The molecule has 11 heavy (non-hydrogen) atoms. The van der Waals surface area contributed by atoms with Crippen LogP contribution in [0.25, 0.3) is 0 Å². The minimum Gasteiger partial charge on any atom is -0.197 e. The molecule has 0 aliphatic heterocycles. The Labute approximate surface area is 68.2 Å². The maximum atomic E-state index is 3.98. The van der Waals surface area contributed by atoms with E-state index in [4.69, 9.17) is 0 Å². The molecule has 0 amide bonds. The van der Waals surface area contributed by atoms with Gasteiger partial charge < -0.3 is 0 Å². The third-order valence-electron chi connectivity index (χ3n) is 1.31. The number of aromatic amines is 1. The number of nitrogens with zero attached hydrogens (tertiary/aromatic N) is 2. The molecule has 3 nitrogen and oxygen atoms in total. The predicted octanol–water partition coefficient (Wildman–Crippen LogP) is 2.26. The Kier molecular flexibility index (Phi) is 4.50. The summed E-state index contributed by atoms with van der Waals surface area (Å²) in [6.45, 7) is 10.2. The van der Waals surface area contributed by atoms with Crippen molar-refractivity contribution in [2.45, 2.75) is 40.5 Å². The van der Waals surface area contributed by atoms with Crippen LogP contribution in [-0.4, -0.2) is 15.4 Å². The normalized spacial score (nSPS) is 9.27.